The predicted molar refractivity (Wildman–Crippen MR) is 81.2 cm³/mol. The SMILES string of the molecule is FC(F)(F)c1ccc2sc(NCCC3=CCOCC3)nc2c1. The van der Waals surface area contributed by atoms with Crippen molar-refractivity contribution in [1.82, 2.24) is 4.98 Å². The zero-order chi connectivity index (χ0) is 15.6. The summed E-state index contributed by atoms with van der Waals surface area (Å²) < 4.78 is 44.0. The van der Waals surface area contributed by atoms with Gasteiger partial charge in [-0.3, -0.25) is 0 Å². The van der Waals surface area contributed by atoms with Crippen LogP contribution in [-0.2, 0) is 10.9 Å². The number of hydrogen-bond donors (Lipinski definition) is 1. The number of nitrogens with one attached hydrogen (secondary N) is 1. The molecular weight excluding hydrogens is 313 g/mol. The van der Waals surface area contributed by atoms with Crippen LogP contribution >= 0.6 is 11.3 Å². The smallest absolute Gasteiger partial charge is 0.377 e. The van der Waals surface area contributed by atoms with Gasteiger partial charge in [-0.15, -0.1) is 0 Å². The maximum atomic E-state index is 12.7. The van der Waals surface area contributed by atoms with Gasteiger partial charge in [-0.2, -0.15) is 13.2 Å². The second kappa shape index (κ2) is 6.26. The van der Waals surface area contributed by atoms with Gasteiger partial charge in [0, 0.05) is 6.54 Å². The number of ether oxygens (including phenoxy) is 1. The molecule has 1 aliphatic heterocycles. The first-order chi connectivity index (χ1) is 10.5. The number of benzene rings is 1. The molecule has 1 aromatic carbocycles. The maximum Gasteiger partial charge on any atom is 0.416 e. The summed E-state index contributed by atoms with van der Waals surface area (Å²) in [6.07, 6.45) is -0.413. The van der Waals surface area contributed by atoms with Gasteiger partial charge in [-0.1, -0.05) is 23.0 Å². The number of anilines is 1. The third-order valence-electron chi connectivity index (χ3n) is 3.49. The fourth-order valence-electron chi connectivity index (χ4n) is 2.30. The second-order valence-electron chi connectivity index (χ2n) is 5.06. The minimum Gasteiger partial charge on any atom is -0.377 e. The van der Waals surface area contributed by atoms with E-state index in [0.717, 1.165) is 42.8 Å². The first-order valence-corrected chi connectivity index (χ1v) is 7.81. The molecule has 1 aliphatic rings. The molecule has 0 fully saturated rings. The van der Waals surface area contributed by atoms with E-state index in [-0.39, 0.29) is 0 Å². The molecule has 3 rings (SSSR count). The van der Waals surface area contributed by atoms with Crippen LogP contribution in [0.15, 0.2) is 29.8 Å². The van der Waals surface area contributed by atoms with Gasteiger partial charge in [-0.25, -0.2) is 4.98 Å². The predicted octanol–water partition coefficient (Wildman–Crippen LogP) is 4.46. The van der Waals surface area contributed by atoms with Crippen LogP contribution in [0.25, 0.3) is 10.2 Å². The molecule has 0 unspecified atom stereocenters. The zero-order valence-corrected chi connectivity index (χ0v) is 12.6. The first-order valence-electron chi connectivity index (χ1n) is 7.00. The van der Waals surface area contributed by atoms with Crippen molar-refractivity contribution in [2.75, 3.05) is 25.1 Å². The molecule has 0 spiro atoms. The minimum absolute atomic E-state index is 0.382. The summed E-state index contributed by atoms with van der Waals surface area (Å²) in [6.45, 7) is 2.14. The average Bonchev–Trinajstić information content (AvgIpc) is 2.89. The van der Waals surface area contributed by atoms with Crippen molar-refractivity contribution in [2.24, 2.45) is 0 Å². The van der Waals surface area contributed by atoms with Crippen molar-refractivity contribution in [3.05, 3.63) is 35.4 Å². The molecule has 0 aliphatic carbocycles. The van der Waals surface area contributed by atoms with Crippen LogP contribution in [0.2, 0.25) is 0 Å². The normalized spacial score (nSPS) is 15.9. The standard InChI is InChI=1S/C15H15F3N2OS/c16-15(17,18)11-1-2-13-12(9-11)20-14(22-13)19-6-3-10-4-7-21-8-5-10/h1-2,4,9H,3,5-8H2,(H,19,20). The van der Waals surface area contributed by atoms with E-state index in [1.54, 1.807) is 0 Å². The minimum atomic E-state index is -4.33. The van der Waals surface area contributed by atoms with Gasteiger partial charge in [0.2, 0.25) is 0 Å². The Kier molecular flexibility index (Phi) is 4.35. The summed E-state index contributed by atoms with van der Waals surface area (Å²) in [5.74, 6) is 0. The molecule has 1 N–H and O–H groups in total. The molecule has 3 nitrogen and oxygen atoms in total. The van der Waals surface area contributed by atoms with E-state index in [1.165, 1.54) is 23.0 Å². The van der Waals surface area contributed by atoms with E-state index in [0.29, 0.717) is 17.3 Å². The highest BCUT2D eigenvalue weighted by atomic mass is 32.1. The molecule has 118 valence electrons. The molecule has 0 bridgehead atoms. The van der Waals surface area contributed by atoms with Crippen LogP contribution in [0.1, 0.15) is 18.4 Å². The summed E-state index contributed by atoms with van der Waals surface area (Å²) in [5, 5.41) is 3.84. The van der Waals surface area contributed by atoms with Crippen LogP contribution in [0.3, 0.4) is 0 Å². The number of rotatable bonds is 4. The van der Waals surface area contributed by atoms with Gasteiger partial charge in [0.1, 0.15) is 0 Å². The van der Waals surface area contributed by atoms with Crippen molar-refractivity contribution in [3.8, 4) is 0 Å². The highest BCUT2D eigenvalue weighted by Crippen LogP contribution is 2.34. The van der Waals surface area contributed by atoms with Crippen LogP contribution in [-0.4, -0.2) is 24.7 Å². The summed E-state index contributed by atoms with van der Waals surface area (Å²) in [7, 11) is 0. The fraction of sp³-hybridized carbons (Fsp3) is 0.400. The quantitative estimate of drug-likeness (QED) is 0.841. The first kappa shape index (κ1) is 15.3. The van der Waals surface area contributed by atoms with E-state index in [2.05, 4.69) is 16.4 Å². The molecule has 0 saturated carbocycles. The van der Waals surface area contributed by atoms with Crippen LogP contribution in [0.4, 0.5) is 18.3 Å². The van der Waals surface area contributed by atoms with Crippen molar-refractivity contribution < 1.29 is 17.9 Å². The van der Waals surface area contributed by atoms with Crippen LogP contribution in [0.5, 0.6) is 0 Å². The van der Waals surface area contributed by atoms with E-state index < -0.39 is 11.7 Å². The zero-order valence-electron chi connectivity index (χ0n) is 11.7. The van der Waals surface area contributed by atoms with Gasteiger partial charge in [0.05, 0.1) is 29.0 Å². The summed E-state index contributed by atoms with van der Waals surface area (Å²) in [5.41, 5.74) is 1.07. The number of thiazole rings is 1. The molecule has 22 heavy (non-hydrogen) atoms. The molecule has 0 saturated heterocycles. The lowest BCUT2D eigenvalue weighted by Gasteiger charge is -2.13. The Balaban J connectivity index is 1.65. The lowest BCUT2D eigenvalue weighted by atomic mass is 10.1. The molecule has 0 atom stereocenters. The Labute approximate surface area is 129 Å². The van der Waals surface area contributed by atoms with Crippen molar-refractivity contribution in [2.45, 2.75) is 19.0 Å². The van der Waals surface area contributed by atoms with Crippen molar-refractivity contribution in [3.63, 3.8) is 0 Å². The maximum absolute atomic E-state index is 12.7. The number of nitrogens with zero attached hydrogens (tertiary/aromatic N) is 1. The Morgan fingerprint density at radius 2 is 2.18 bits per heavy atom. The third kappa shape index (κ3) is 3.59. The molecule has 7 heteroatoms. The number of fused-ring (bicyclic) bond motifs is 1. The Bertz CT molecular complexity index is 694. The molecule has 2 heterocycles. The molecule has 2 aromatic rings. The summed E-state index contributed by atoms with van der Waals surface area (Å²) in [6, 6.07) is 3.66. The van der Waals surface area contributed by atoms with Gasteiger partial charge in [-0.05, 0) is 31.0 Å². The van der Waals surface area contributed by atoms with Crippen LogP contribution < -0.4 is 5.32 Å². The summed E-state index contributed by atoms with van der Waals surface area (Å²) >= 11 is 1.37. The molecule has 0 radical (unpaired) electrons. The van der Waals surface area contributed by atoms with Crippen molar-refractivity contribution in [1.29, 1.82) is 0 Å². The molecular formula is C15H15F3N2OS. The largest absolute Gasteiger partial charge is 0.416 e. The number of halogens is 3. The van der Waals surface area contributed by atoms with Crippen LogP contribution in [0, 0.1) is 0 Å². The highest BCUT2D eigenvalue weighted by molar-refractivity contribution is 7.22. The highest BCUT2D eigenvalue weighted by Gasteiger charge is 2.30. The van der Waals surface area contributed by atoms with Gasteiger partial charge < -0.3 is 10.1 Å². The summed E-state index contributed by atoms with van der Waals surface area (Å²) in [4.78, 5) is 4.23. The number of hydrogen-bond acceptors (Lipinski definition) is 4. The van der Waals surface area contributed by atoms with Gasteiger partial charge in [0.25, 0.3) is 0 Å². The Morgan fingerprint density at radius 1 is 1.32 bits per heavy atom. The average molecular weight is 328 g/mol. The lowest BCUT2D eigenvalue weighted by Crippen LogP contribution is -2.08. The van der Waals surface area contributed by atoms with E-state index >= 15 is 0 Å². The van der Waals surface area contributed by atoms with Gasteiger partial charge in [0.15, 0.2) is 5.13 Å². The Morgan fingerprint density at radius 3 is 2.91 bits per heavy atom. The fourth-order valence-corrected chi connectivity index (χ4v) is 3.17. The van der Waals surface area contributed by atoms with E-state index in [1.807, 2.05) is 0 Å². The van der Waals surface area contributed by atoms with Crippen molar-refractivity contribution >= 4 is 26.7 Å². The third-order valence-corrected chi connectivity index (χ3v) is 4.49. The monoisotopic (exact) mass is 328 g/mol. The van der Waals surface area contributed by atoms with Gasteiger partial charge >= 0.3 is 6.18 Å². The molecule has 0 amide bonds. The number of alkyl halides is 3. The topological polar surface area (TPSA) is 34.1 Å². The molecule has 1 aromatic heterocycles. The lowest BCUT2D eigenvalue weighted by molar-refractivity contribution is -0.137. The Hall–Kier alpha value is -1.60. The van der Waals surface area contributed by atoms with E-state index in [4.69, 9.17) is 4.74 Å². The second-order valence-corrected chi connectivity index (χ2v) is 6.09. The van der Waals surface area contributed by atoms with E-state index in [9.17, 15) is 13.2 Å². The number of aromatic nitrogens is 1.